The molecule has 3 rings (SSSR count). The highest BCUT2D eigenvalue weighted by Crippen LogP contribution is 2.32. The Morgan fingerprint density at radius 1 is 1.30 bits per heavy atom. The first-order valence-corrected chi connectivity index (χ1v) is 9.20. The van der Waals surface area contributed by atoms with Crippen LogP contribution in [0.25, 0.3) is 0 Å². The van der Waals surface area contributed by atoms with Crippen molar-refractivity contribution in [3.63, 3.8) is 0 Å². The lowest BCUT2D eigenvalue weighted by Crippen LogP contribution is -2.41. The number of nitrogens with zero attached hydrogens (tertiary/aromatic N) is 4. The number of imidazole rings is 1. The number of hydrogen-bond donors (Lipinski definition) is 0. The molecule has 1 amide bonds. The van der Waals surface area contributed by atoms with Crippen molar-refractivity contribution in [1.82, 2.24) is 19.4 Å². The molecule has 8 heteroatoms. The first-order chi connectivity index (χ1) is 12.9. The second-order valence-corrected chi connectivity index (χ2v) is 6.81. The zero-order valence-corrected chi connectivity index (χ0v) is 15.2. The molecule has 2 aromatic rings. The van der Waals surface area contributed by atoms with Crippen LogP contribution >= 0.6 is 0 Å². The molecular weight excluding hydrogens is 357 g/mol. The van der Waals surface area contributed by atoms with Gasteiger partial charge in [0.25, 0.3) is 0 Å². The third kappa shape index (κ3) is 4.48. The summed E-state index contributed by atoms with van der Waals surface area (Å²) in [6.45, 7) is 3.37. The van der Waals surface area contributed by atoms with E-state index in [4.69, 9.17) is 0 Å². The number of rotatable bonds is 6. The summed E-state index contributed by atoms with van der Waals surface area (Å²) in [6, 6.07) is 5.68. The van der Waals surface area contributed by atoms with Crippen LogP contribution in [0.4, 0.5) is 13.2 Å². The summed E-state index contributed by atoms with van der Waals surface area (Å²) >= 11 is 0. The Kier molecular flexibility index (Phi) is 5.82. The topological polar surface area (TPSA) is 51.0 Å². The zero-order valence-electron chi connectivity index (χ0n) is 15.2. The molecule has 0 saturated heterocycles. The van der Waals surface area contributed by atoms with Gasteiger partial charge in [-0.25, -0.2) is 4.98 Å². The van der Waals surface area contributed by atoms with E-state index in [0.717, 1.165) is 12.1 Å². The summed E-state index contributed by atoms with van der Waals surface area (Å²) in [5.74, 6) is -1.16. The Morgan fingerprint density at radius 2 is 2.11 bits per heavy atom. The van der Waals surface area contributed by atoms with Gasteiger partial charge >= 0.3 is 6.18 Å². The Labute approximate surface area is 156 Å². The number of halogens is 3. The number of alkyl halides is 3. The number of aromatic nitrogens is 3. The first-order valence-electron chi connectivity index (χ1n) is 9.20. The van der Waals surface area contributed by atoms with Crippen molar-refractivity contribution in [3.05, 3.63) is 47.8 Å². The molecule has 2 aromatic heterocycles. The molecule has 0 radical (unpaired) electrons. The van der Waals surface area contributed by atoms with Crippen LogP contribution in [0.2, 0.25) is 0 Å². The van der Waals surface area contributed by atoms with Gasteiger partial charge in [-0.3, -0.25) is 9.78 Å². The van der Waals surface area contributed by atoms with E-state index in [1.807, 2.05) is 30.0 Å². The normalized spacial score (nSPS) is 16.8. The van der Waals surface area contributed by atoms with Crippen molar-refractivity contribution in [2.75, 3.05) is 13.1 Å². The van der Waals surface area contributed by atoms with Crippen molar-refractivity contribution in [3.8, 4) is 0 Å². The molecule has 0 aliphatic carbocycles. The van der Waals surface area contributed by atoms with Gasteiger partial charge in [0.05, 0.1) is 0 Å². The fourth-order valence-electron chi connectivity index (χ4n) is 3.56. The predicted octanol–water partition coefficient (Wildman–Crippen LogP) is 3.34. The summed E-state index contributed by atoms with van der Waals surface area (Å²) in [5, 5.41) is 0. The van der Waals surface area contributed by atoms with Gasteiger partial charge in [-0.1, -0.05) is 13.0 Å². The van der Waals surface area contributed by atoms with Gasteiger partial charge in [-0.2, -0.15) is 13.2 Å². The fourth-order valence-corrected chi connectivity index (χ4v) is 3.56. The highest BCUT2D eigenvalue weighted by molar-refractivity contribution is 5.79. The van der Waals surface area contributed by atoms with Gasteiger partial charge in [0.15, 0.2) is 0 Å². The van der Waals surface area contributed by atoms with Crippen molar-refractivity contribution >= 4 is 5.91 Å². The molecule has 0 aromatic carbocycles. The van der Waals surface area contributed by atoms with E-state index in [2.05, 4.69) is 9.97 Å². The first kappa shape index (κ1) is 19.4. The number of hydrogen-bond acceptors (Lipinski definition) is 3. The molecule has 1 atom stereocenters. The average molecular weight is 380 g/mol. The van der Waals surface area contributed by atoms with Crippen LogP contribution in [0.1, 0.15) is 37.0 Å². The van der Waals surface area contributed by atoms with Crippen molar-refractivity contribution in [1.29, 1.82) is 0 Å². The quantitative estimate of drug-likeness (QED) is 0.772. The van der Waals surface area contributed by atoms with Crippen LogP contribution < -0.4 is 0 Å². The van der Waals surface area contributed by atoms with Gasteiger partial charge in [-0.15, -0.1) is 0 Å². The van der Waals surface area contributed by atoms with Gasteiger partial charge in [0.1, 0.15) is 0 Å². The molecule has 5 nitrogen and oxygen atoms in total. The summed E-state index contributed by atoms with van der Waals surface area (Å²) in [5.41, 5.74) is 1.40. The van der Waals surface area contributed by atoms with Gasteiger partial charge in [0.2, 0.25) is 11.7 Å². The molecule has 27 heavy (non-hydrogen) atoms. The maximum atomic E-state index is 13.0. The lowest BCUT2D eigenvalue weighted by molar-refractivity contribution is -0.147. The lowest BCUT2D eigenvalue weighted by atomic mass is 9.94. The van der Waals surface area contributed by atoms with Crippen LogP contribution in [0.15, 0.2) is 30.6 Å². The Morgan fingerprint density at radius 3 is 2.78 bits per heavy atom. The molecule has 0 saturated carbocycles. The van der Waals surface area contributed by atoms with E-state index in [-0.39, 0.29) is 18.4 Å². The number of carbonyl (C=O) groups excluding carboxylic acids is 1. The van der Waals surface area contributed by atoms with E-state index < -0.39 is 12.0 Å². The van der Waals surface area contributed by atoms with E-state index in [1.165, 1.54) is 10.8 Å². The molecule has 1 aliphatic rings. The molecule has 0 N–H and O–H groups in total. The minimum absolute atomic E-state index is 0.00814. The SMILES string of the molecule is CCCN(CCc1ccccn1)C(=O)[C@@H]1CCn2c(cnc2C(F)(F)F)C1. The van der Waals surface area contributed by atoms with E-state index >= 15 is 0 Å². The lowest BCUT2D eigenvalue weighted by Gasteiger charge is -2.30. The molecule has 0 fully saturated rings. The van der Waals surface area contributed by atoms with E-state index in [1.54, 1.807) is 6.20 Å². The molecule has 0 spiro atoms. The molecule has 0 bridgehead atoms. The third-order valence-electron chi connectivity index (χ3n) is 4.87. The summed E-state index contributed by atoms with van der Waals surface area (Å²) in [4.78, 5) is 22.6. The standard InChI is InChI=1S/C19H23F3N4O/c1-2-9-25(10-7-15-5-3-4-8-23-15)17(27)14-6-11-26-16(12-14)13-24-18(26)19(20,21)22/h3-5,8,13-14H,2,6-7,9-12H2,1H3/t14-/m1/s1. The van der Waals surface area contributed by atoms with Crippen LogP contribution in [-0.4, -0.2) is 38.4 Å². The molecule has 3 heterocycles. The third-order valence-corrected chi connectivity index (χ3v) is 4.87. The number of pyridine rings is 1. The minimum atomic E-state index is -4.47. The molecule has 146 valence electrons. The fraction of sp³-hybridized carbons (Fsp3) is 0.526. The van der Waals surface area contributed by atoms with Gasteiger partial charge in [0, 0.05) is 62.2 Å². The molecular formula is C19H23F3N4O. The van der Waals surface area contributed by atoms with E-state index in [0.29, 0.717) is 38.0 Å². The highest BCUT2D eigenvalue weighted by Gasteiger charge is 2.39. The Hall–Kier alpha value is -2.38. The van der Waals surface area contributed by atoms with Crippen LogP contribution in [0.3, 0.4) is 0 Å². The van der Waals surface area contributed by atoms with Crippen molar-refractivity contribution in [2.45, 2.75) is 45.3 Å². The van der Waals surface area contributed by atoms with E-state index in [9.17, 15) is 18.0 Å². The van der Waals surface area contributed by atoms with Crippen LogP contribution in [0, 0.1) is 5.92 Å². The zero-order chi connectivity index (χ0) is 19.4. The minimum Gasteiger partial charge on any atom is -0.342 e. The van der Waals surface area contributed by atoms with Crippen molar-refractivity contribution in [2.24, 2.45) is 5.92 Å². The van der Waals surface area contributed by atoms with Crippen LogP contribution in [-0.2, 0) is 30.4 Å². The summed E-state index contributed by atoms with van der Waals surface area (Å²) < 4.78 is 40.2. The number of amides is 1. The van der Waals surface area contributed by atoms with Crippen LogP contribution in [0.5, 0.6) is 0 Å². The maximum Gasteiger partial charge on any atom is 0.449 e. The number of carbonyl (C=O) groups is 1. The number of fused-ring (bicyclic) bond motifs is 1. The second-order valence-electron chi connectivity index (χ2n) is 6.81. The second kappa shape index (κ2) is 8.10. The summed E-state index contributed by atoms with van der Waals surface area (Å²) in [6.07, 6.45) is 0.696. The average Bonchev–Trinajstić information content (AvgIpc) is 3.09. The monoisotopic (exact) mass is 380 g/mol. The van der Waals surface area contributed by atoms with Crippen molar-refractivity contribution < 1.29 is 18.0 Å². The van der Waals surface area contributed by atoms with Gasteiger partial charge in [-0.05, 0) is 25.0 Å². The molecule has 0 unspecified atom stereocenters. The highest BCUT2D eigenvalue weighted by atomic mass is 19.4. The maximum absolute atomic E-state index is 13.0. The Bertz CT molecular complexity index is 773. The van der Waals surface area contributed by atoms with Gasteiger partial charge < -0.3 is 9.47 Å². The largest absolute Gasteiger partial charge is 0.449 e. The Balaban J connectivity index is 1.67. The predicted molar refractivity (Wildman–Crippen MR) is 93.9 cm³/mol. The smallest absolute Gasteiger partial charge is 0.342 e. The summed E-state index contributed by atoms with van der Waals surface area (Å²) in [7, 11) is 0. The molecule has 1 aliphatic heterocycles.